The van der Waals surface area contributed by atoms with Crippen molar-refractivity contribution in [2.75, 3.05) is 27.3 Å². The third kappa shape index (κ3) is 4.12. The molecule has 1 amide bonds. The molecule has 1 saturated heterocycles. The summed E-state index contributed by atoms with van der Waals surface area (Å²) in [6.45, 7) is 7.96. The first-order valence-corrected chi connectivity index (χ1v) is 10.5. The lowest BCUT2D eigenvalue weighted by Gasteiger charge is -2.35. The van der Waals surface area contributed by atoms with E-state index in [0.29, 0.717) is 11.5 Å². The van der Waals surface area contributed by atoms with Crippen LogP contribution in [0.2, 0.25) is 0 Å². The Balaban J connectivity index is 2.11. The third-order valence-electron chi connectivity index (χ3n) is 6.37. The number of aromatic nitrogens is 4. The maximum Gasteiger partial charge on any atom is 0.220 e. The van der Waals surface area contributed by atoms with Crippen LogP contribution >= 0.6 is 0 Å². The molecule has 0 radical (unpaired) electrons. The summed E-state index contributed by atoms with van der Waals surface area (Å²) >= 11 is 0. The number of benzene rings is 1. The highest BCUT2D eigenvalue weighted by molar-refractivity contribution is 5.76. The molecule has 0 bridgehead atoms. The number of nitrogens with zero attached hydrogens (tertiary/aromatic N) is 4. The number of carbonyl (C=O) groups excluding carboxylic acids is 1. The molecule has 0 spiro atoms. The van der Waals surface area contributed by atoms with E-state index in [1.165, 1.54) is 4.90 Å². The molecule has 0 saturated carbocycles. The highest BCUT2D eigenvalue weighted by Gasteiger charge is 2.40. The van der Waals surface area contributed by atoms with Gasteiger partial charge in [0.25, 0.3) is 0 Å². The SMILES string of the molecule is CCC(C)(C)n1nnnc1[C@@H](c1cccc(OC)c1OC)[NH+]1CCC(C(N)=O)CC1. The van der Waals surface area contributed by atoms with Gasteiger partial charge in [0.05, 0.1) is 38.4 Å². The van der Waals surface area contributed by atoms with Crippen LogP contribution in [-0.4, -0.2) is 53.4 Å². The third-order valence-corrected chi connectivity index (χ3v) is 6.37. The second kappa shape index (κ2) is 8.99. The number of piperidine rings is 1. The quantitative estimate of drug-likeness (QED) is 0.655. The van der Waals surface area contributed by atoms with Crippen LogP contribution in [0.15, 0.2) is 18.2 Å². The Labute approximate surface area is 177 Å². The van der Waals surface area contributed by atoms with Gasteiger partial charge >= 0.3 is 0 Å². The summed E-state index contributed by atoms with van der Waals surface area (Å²) in [5, 5.41) is 12.8. The topological polar surface area (TPSA) is 110 Å². The number of carbonyl (C=O) groups is 1. The molecule has 2 heterocycles. The smallest absolute Gasteiger partial charge is 0.220 e. The number of nitrogens with two attached hydrogens (primary N) is 1. The van der Waals surface area contributed by atoms with E-state index in [-0.39, 0.29) is 23.4 Å². The van der Waals surface area contributed by atoms with Crippen molar-refractivity contribution in [3.05, 3.63) is 29.6 Å². The van der Waals surface area contributed by atoms with Crippen molar-refractivity contribution in [3.63, 3.8) is 0 Å². The lowest BCUT2D eigenvalue weighted by atomic mass is 9.92. The molecule has 2 aromatic rings. The molecule has 164 valence electrons. The van der Waals surface area contributed by atoms with Crippen LogP contribution in [0.25, 0.3) is 0 Å². The molecule has 3 N–H and O–H groups in total. The largest absolute Gasteiger partial charge is 0.493 e. The van der Waals surface area contributed by atoms with Crippen LogP contribution in [0.1, 0.15) is 57.5 Å². The minimum absolute atomic E-state index is 0.0790. The van der Waals surface area contributed by atoms with E-state index in [1.807, 2.05) is 22.9 Å². The van der Waals surface area contributed by atoms with Gasteiger partial charge < -0.3 is 20.1 Å². The Morgan fingerprint density at radius 2 is 2.00 bits per heavy atom. The van der Waals surface area contributed by atoms with E-state index in [2.05, 4.69) is 36.3 Å². The average molecular weight is 418 g/mol. The Morgan fingerprint density at radius 1 is 1.30 bits per heavy atom. The molecule has 0 unspecified atom stereocenters. The van der Waals surface area contributed by atoms with Gasteiger partial charge in [0.15, 0.2) is 17.5 Å². The maximum atomic E-state index is 11.7. The highest BCUT2D eigenvalue weighted by Crippen LogP contribution is 2.36. The zero-order valence-electron chi connectivity index (χ0n) is 18.5. The van der Waals surface area contributed by atoms with Crippen LogP contribution in [-0.2, 0) is 10.3 Å². The molecule has 1 fully saturated rings. The number of primary amides is 1. The number of methoxy groups -OCH3 is 2. The first-order chi connectivity index (χ1) is 14.3. The zero-order chi connectivity index (χ0) is 21.9. The zero-order valence-corrected chi connectivity index (χ0v) is 18.5. The first kappa shape index (κ1) is 22.0. The Morgan fingerprint density at radius 3 is 2.57 bits per heavy atom. The molecule has 1 aliphatic rings. The summed E-state index contributed by atoms with van der Waals surface area (Å²) in [6.07, 6.45) is 2.37. The van der Waals surface area contributed by atoms with Crippen molar-refractivity contribution in [3.8, 4) is 11.5 Å². The fourth-order valence-corrected chi connectivity index (χ4v) is 4.20. The number of ether oxygens (including phenoxy) is 2. The predicted octanol–water partition coefficient (Wildman–Crippen LogP) is 0.705. The number of likely N-dealkylation sites (tertiary alicyclic amines) is 1. The average Bonchev–Trinajstić information content (AvgIpc) is 3.24. The fraction of sp³-hybridized carbons (Fsp3) is 0.619. The predicted molar refractivity (Wildman–Crippen MR) is 111 cm³/mol. The van der Waals surface area contributed by atoms with Gasteiger partial charge in [-0.1, -0.05) is 13.0 Å². The number of hydrogen-bond acceptors (Lipinski definition) is 6. The maximum absolute atomic E-state index is 11.7. The van der Waals surface area contributed by atoms with E-state index in [0.717, 1.165) is 43.7 Å². The lowest BCUT2D eigenvalue weighted by Crippen LogP contribution is -3.13. The summed E-state index contributed by atoms with van der Waals surface area (Å²) in [5.41, 5.74) is 6.28. The monoisotopic (exact) mass is 417 g/mol. The lowest BCUT2D eigenvalue weighted by molar-refractivity contribution is -0.931. The van der Waals surface area contributed by atoms with Gasteiger partial charge in [-0.05, 0) is 42.8 Å². The van der Waals surface area contributed by atoms with E-state index >= 15 is 0 Å². The molecule has 1 aliphatic heterocycles. The van der Waals surface area contributed by atoms with Crippen molar-refractivity contribution < 1.29 is 19.2 Å². The van der Waals surface area contributed by atoms with Crippen LogP contribution in [0.5, 0.6) is 11.5 Å². The van der Waals surface area contributed by atoms with Crippen LogP contribution < -0.4 is 20.1 Å². The van der Waals surface area contributed by atoms with Crippen molar-refractivity contribution in [1.82, 2.24) is 20.2 Å². The van der Waals surface area contributed by atoms with Gasteiger partial charge in [-0.3, -0.25) is 4.79 Å². The van der Waals surface area contributed by atoms with Gasteiger partial charge in [0.1, 0.15) is 0 Å². The van der Waals surface area contributed by atoms with E-state index < -0.39 is 0 Å². The number of amides is 1. The number of nitrogens with one attached hydrogen (secondary N) is 1. The number of rotatable bonds is 8. The number of hydrogen-bond donors (Lipinski definition) is 2. The second-order valence-electron chi connectivity index (χ2n) is 8.47. The minimum atomic E-state index is -0.242. The molecular weight excluding hydrogens is 384 g/mol. The molecule has 0 aliphatic carbocycles. The summed E-state index contributed by atoms with van der Waals surface area (Å²) < 4.78 is 13.2. The van der Waals surface area contributed by atoms with Crippen LogP contribution in [0.3, 0.4) is 0 Å². The Bertz CT molecular complexity index is 873. The van der Waals surface area contributed by atoms with Gasteiger partial charge in [-0.15, -0.1) is 5.10 Å². The minimum Gasteiger partial charge on any atom is -0.493 e. The molecule has 9 heteroatoms. The van der Waals surface area contributed by atoms with Gasteiger partial charge in [-0.2, -0.15) is 0 Å². The number of para-hydroxylation sites is 1. The standard InChI is InChI=1S/C21H32N6O3/c1-6-21(2,3)27-20(23-24-25-27)17(26-12-10-14(11-13-26)19(22)28)15-8-7-9-16(29-4)18(15)30-5/h7-9,14,17H,6,10-13H2,1-5H3,(H2,22,28)/p+1/t17-/m1/s1. The normalized spacial score (nSPS) is 20.6. The first-order valence-electron chi connectivity index (χ1n) is 10.5. The summed E-state index contributed by atoms with van der Waals surface area (Å²) in [5.74, 6) is 1.82. The van der Waals surface area contributed by atoms with E-state index in [4.69, 9.17) is 15.2 Å². The number of tetrazole rings is 1. The van der Waals surface area contributed by atoms with E-state index in [9.17, 15) is 4.79 Å². The Hall–Kier alpha value is -2.68. The van der Waals surface area contributed by atoms with Crippen molar-refractivity contribution in [1.29, 1.82) is 0 Å². The van der Waals surface area contributed by atoms with Crippen molar-refractivity contribution in [2.45, 2.75) is 51.6 Å². The van der Waals surface area contributed by atoms with Crippen molar-refractivity contribution in [2.24, 2.45) is 11.7 Å². The number of quaternary nitrogens is 1. The molecule has 3 rings (SSSR count). The molecule has 30 heavy (non-hydrogen) atoms. The summed E-state index contributed by atoms with van der Waals surface area (Å²) in [4.78, 5) is 13.0. The highest BCUT2D eigenvalue weighted by atomic mass is 16.5. The fourth-order valence-electron chi connectivity index (χ4n) is 4.20. The second-order valence-corrected chi connectivity index (χ2v) is 8.47. The summed E-state index contributed by atoms with van der Waals surface area (Å²) in [6, 6.07) is 5.72. The van der Waals surface area contributed by atoms with Crippen LogP contribution in [0, 0.1) is 5.92 Å². The van der Waals surface area contributed by atoms with E-state index in [1.54, 1.807) is 14.2 Å². The van der Waals surface area contributed by atoms with Gasteiger partial charge in [-0.25, -0.2) is 4.68 Å². The molecule has 1 atom stereocenters. The summed E-state index contributed by atoms with van der Waals surface area (Å²) in [7, 11) is 3.28. The van der Waals surface area contributed by atoms with Gasteiger partial charge in [0, 0.05) is 18.8 Å². The molecule has 9 nitrogen and oxygen atoms in total. The van der Waals surface area contributed by atoms with Crippen LogP contribution in [0.4, 0.5) is 0 Å². The molecular formula is C21H33N6O3+. The van der Waals surface area contributed by atoms with Crippen molar-refractivity contribution >= 4 is 5.91 Å². The molecule has 1 aromatic carbocycles. The Kier molecular flexibility index (Phi) is 6.60. The van der Waals surface area contributed by atoms with Gasteiger partial charge in [0.2, 0.25) is 11.7 Å². The molecule has 1 aromatic heterocycles.